The summed E-state index contributed by atoms with van der Waals surface area (Å²) in [6, 6.07) is 0. The number of hydrogen-bond donors (Lipinski definition) is 2. The van der Waals surface area contributed by atoms with Gasteiger partial charge in [-0.1, -0.05) is 26.7 Å². The lowest BCUT2D eigenvalue weighted by Gasteiger charge is -2.46. The minimum Gasteiger partial charge on any atom is -0.388 e. The number of aliphatic hydroxyl groups is 1. The van der Waals surface area contributed by atoms with E-state index in [-0.39, 0.29) is 0 Å². The van der Waals surface area contributed by atoms with Crippen LogP contribution >= 0.6 is 0 Å². The van der Waals surface area contributed by atoms with E-state index in [0.29, 0.717) is 0 Å². The van der Waals surface area contributed by atoms with Crippen LogP contribution in [0.2, 0.25) is 0 Å². The van der Waals surface area contributed by atoms with Gasteiger partial charge in [0.25, 0.3) is 0 Å². The molecule has 0 aromatic heterocycles. The summed E-state index contributed by atoms with van der Waals surface area (Å²) in [5.41, 5.74) is 5.29. The van der Waals surface area contributed by atoms with Crippen molar-refractivity contribution in [3.05, 3.63) is 0 Å². The van der Waals surface area contributed by atoms with Gasteiger partial charge in [0.2, 0.25) is 0 Å². The monoisotopic (exact) mass is 213 g/mol. The Morgan fingerprint density at radius 1 is 1.40 bits per heavy atom. The molecule has 1 saturated carbocycles. The first-order chi connectivity index (χ1) is 6.91. The molecule has 2 heteroatoms. The highest BCUT2D eigenvalue weighted by Crippen LogP contribution is 2.39. The molecule has 1 unspecified atom stereocenters. The van der Waals surface area contributed by atoms with E-state index in [1.54, 1.807) is 0 Å². The number of unbranched alkanes of at least 4 members (excludes halogenated alkanes) is 1. The summed E-state index contributed by atoms with van der Waals surface area (Å²) in [4.78, 5) is 0. The summed E-state index contributed by atoms with van der Waals surface area (Å²) >= 11 is 0. The average molecular weight is 213 g/mol. The molecule has 1 atom stereocenters. The molecule has 1 rings (SSSR count). The third-order valence-corrected chi connectivity index (χ3v) is 4.21. The van der Waals surface area contributed by atoms with Gasteiger partial charge in [-0.05, 0) is 44.9 Å². The molecule has 0 amide bonds. The topological polar surface area (TPSA) is 46.2 Å². The lowest BCUT2D eigenvalue weighted by atomic mass is 9.68. The van der Waals surface area contributed by atoms with Crippen LogP contribution in [-0.4, -0.2) is 16.2 Å². The Labute approximate surface area is 94.2 Å². The number of hydrogen-bond acceptors (Lipinski definition) is 2. The van der Waals surface area contributed by atoms with Crippen molar-refractivity contribution >= 4 is 0 Å². The van der Waals surface area contributed by atoms with E-state index in [1.165, 1.54) is 0 Å². The van der Waals surface area contributed by atoms with Crippen molar-refractivity contribution in [2.45, 2.75) is 76.9 Å². The fraction of sp³-hybridized carbons (Fsp3) is 1.00. The molecule has 0 saturated heterocycles. The molecule has 0 aromatic rings. The standard InChI is InChI=1S/C13H27NO/c1-4-5-8-12(3,14)13(15)9-6-11(2)7-10-13/h11,15H,4-10,14H2,1-3H3. The van der Waals surface area contributed by atoms with Crippen molar-refractivity contribution in [3.8, 4) is 0 Å². The van der Waals surface area contributed by atoms with Gasteiger partial charge < -0.3 is 10.8 Å². The highest BCUT2D eigenvalue weighted by atomic mass is 16.3. The Kier molecular flexibility index (Phi) is 4.19. The highest BCUT2D eigenvalue weighted by molar-refractivity contribution is 5.02. The predicted molar refractivity (Wildman–Crippen MR) is 64.7 cm³/mol. The van der Waals surface area contributed by atoms with E-state index in [0.717, 1.165) is 50.9 Å². The number of rotatable bonds is 4. The first kappa shape index (κ1) is 13.0. The lowest BCUT2D eigenvalue weighted by Crippen LogP contribution is -2.59. The van der Waals surface area contributed by atoms with Gasteiger partial charge in [0.05, 0.1) is 5.60 Å². The van der Waals surface area contributed by atoms with Gasteiger partial charge in [0, 0.05) is 5.54 Å². The average Bonchev–Trinajstić information content (AvgIpc) is 2.19. The second kappa shape index (κ2) is 4.84. The summed E-state index contributed by atoms with van der Waals surface area (Å²) in [7, 11) is 0. The van der Waals surface area contributed by atoms with Crippen LogP contribution in [0.15, 0.2) is 0 Å². The van der Waals surface area contributed by atoms with Crippen LogP contribution in [0, 0.1) is 5.92 Å². The molecule has 0 aromatic carbocycles. The normalized spacial score (nSPS) is 36.2. The maximum atomic E-state index is 10.6. The van der Waals surface area contributed by atoms with Gasteiger partial charge in [-0.15, -0.1) is 0 Å². The Hall–Kier alpha value is -0.0800. The molecular weight excluding hydrogens is 186 g/mol. The third kappa shape index (κ3) is 2.94. The van der Waals surface area contributed by atoms with E-state index < -0.39 is 11.1 Å². The molecule has 0 heterocycles. The highest BCUT2D eigenvalue weighted by Gasteiger charge is 2.44. The van der Waals surface area contributed by atoms with E-state index in [4.69, 9.17) is 5.73 Å². The molecule has 90 valence electrons. The second-order valence-corrected chi connectivity index (χ2v) is 5.74. The molecule has 15 heavy (non-hydrogen) atoms. The minimum atomic E-state index is -0.616. The Morgan fingerprint density at radius 2 is 1.93 bits per heavy atom. The Morgan fingerprint density at radius 3 is 2.40 bits per heavy atom. The third-order valence-electron chi connectivity index (χ3n) is 4.21. The van der Waals surface area contributed by atoms with Gasteiger partial charge in [-0.2, -0.15) is 0 Å². The van der Waals surface area contributed by atoms with Gasteiger partial charge in [-0.25, -0.2) is 0 Å². The molecule has 1 fully saturated rings. The summed E-state index contributed by atoms with van der Waals surface area (Å²) in [5, 5.41) is 10.6. The molecule has 0 radical (unpaired) electrons. The second-order valence-electron chi connectivity index (χ2n) is 5.74. The minimum absolute atomic E-state index is 0.400. The zero-order chi connectivity index (χ0) is 11.5. The van der Waals surface area contributed by atoms with Crippen LogP contribution in [0.5, 0.6) is 0 Å². The zero-order valence-electron chi connectivity index (χ0n) is 10.6. The fourth-order valence-electron chi connectivity index (χ4n) is 2.59. The SMILES string of the molecule is CCCCC(C)(N)C1(O)CCC(C)CC1. The van der Waals surface area contributed by atoms with Crippen molar-refractivity contribution < 1.29 is 5.11 Å². The van der Waals surface area contributed by atoms with Crippen molar-refractivity contribution in [3.63, 3.8) is 0 Å². The van der Waals surface area contributed by atoms with E-state index in [2.05, 4.69) is 13.8 Å². The summed E-state index contributed by atoms with van der Waals surface area (Å²) < 4.78 is 0. The van der Waals surface area contributed by atoms with Gasteiger partial charge in [0.15, 0.2) is 0 Å². The number of nitrogens with two attached hydrogens (primary N) is 1. The predicted octanol–water partition coefficient (Wildman–Crippen LogP) is 2.84. The van der Waals surface area contributed by atoms with Crippen LogP contribution in [0.3, 0.4) is 0 Å². The maximum Gasteiger partial charge on any atom is 0.0823 e. The van der Waals surface area contributed by atoms with Crippen LogP contribution in [0.1, 0.15) is 65.7 Å². The van der Waals surface area contributed by atoms with E-state index >= 15 is 0 Å². The van der Waals surface area contributed by atoms with Gasteiger partial charge in [-0.3, -0.25) is 0 Å². The molecule has 0 aliphatic heterocycles. The molecular formula is C13H27NO. The van der Waals surface area contributed by atoms with Crippen molar-refractivity contribution in [1.29, 1.82) is 0 Å². The fourth-order valence-corrected chi connectivity index (χ4v) is 2.59. The van der Waals surface area contributed by atoms with Crippen molar-refractivity contribution in [2.24, 2.45) is 11.7 Å². The lowest BCUT2D eigenvalue weighted by molar-refractivity contribution is -0.0695. The Balaban J connectivity index is 2.59. The summed E-state index contributed by atoms with van der Waals surface area (Å²) in [6.07, 6.45) is 7.21. The maximum absolute atomic E-state index is 10.6. The van der Waals surface area contributed by atoms with Gasteiger partial charge in [0.1, 0.15) is 0 Å². The van der Waals surface area contributed by atoms with E-state index in [1.807, 2.05) is 6.92 Å². The first-order valence-corrected chi connectivity index (χ1v) is 6.42. The van der Waals surface area contributed by atoms with Crippen molar-refractivity contribution in [1.82, 2.24) is 0 Å². The molecule has 0 spiro atoms. The summed E-state index contributed by atoms with van der Waals surface area (Å²) in [6.45, 7) is 6.46. The van der Waals surface area contributed by atoms with E-state index in [9.17, 15) is 5.11 Å². The molecule has 1 aliphatic carbocycles. The largest absolute Gasteiger partial charge is 0.388 e. The van der Waals surface area contributed by atoms with Crippen LogP contribution in [0.25, 0.3) is 0 Å². The van der Waals surface area contributed by atoms with Crippen LogP contribution < -0.4 is 5.73 Å². The summed E-state index contributed by atoms with van der Waals surface area (Å²) in [5.74, 6) is 0.757. The zero-order valence-corrected chi connectivity index (χ0v) is 10.6. The van der Waals surface area contributed by atoms with Crippen LogP contribution in [0.4, 0.5) is 0 Å². The molecule has 2 nitrogen and oxygen atoms in total. The molecule has 0 bridgehead atoms. The molecule has 3 N–H and O–H groups in total. The van der Waals surface area contributed by atoms with Crippen LogP contribution in [-0.2, 0) is 0 Å². The van der Waals surface area contributed by atoms with Gasteiger partial charge >= 0.3 is 0 Å². The van der Waals surface area contributed by atoms with Crippen molar-refractivity contribution in [2.75, 3.05) is 0 Å². The quantitative estimate of drug-likeness (QED) is 0.754. The first-order valence-electron chi connectivity index (χ1n) is 6.42. The Bertz CT molecular complexity index is 193. The molecule has 1 aliphatic rings. The smallest absolute Gasteiger partial charge is 0.0823 e.